The van der Waals surface area contributed by atoms with Gasteiger partial charge in [0, 0.05) is 5.02 Å². The van der Waals surface area contributed by atoms with Crippen LogP contribution in [0.2, 0.25) is 5.02 Å². The Kier molecular flexibility index (Phi) is 6.74. The predicted molar refractivity (Wildman–Crippen MR) is 73.2 cm³/mol. The quantitative estimate of drug-likeness (QED) is 0.601. The average Bonchev–Trinajstić information content (AvgIpc) is 2.35. The van der Waals surface area contributed by atoms with E-state index in [1.165, 1.54) is 25.7 Å². The maximum Gasteiger partial charge on any atom is 0.0712 e. The minimum atomic E-state index is 0.0221. The summed E-state index contributed by atoms with van der Waals surface area (Å²) in [4.78, 5) is 0. The fourth-order valence-electron chi connectivity index (χ4n) is 1.95. The number of benzene rings is 1. The third kappa shape index (κ3) is 5.24. The Balaban J connectivity index is 2.39. The number of nitrogens with zero attached hydrogens (tertiary/aromatic N) is 1. The molecule has 2 heteroatoms. The van der Waals surface area contributed by atoms with Crippen molar-refractivity contribution in [2.24, 2.45) is 0 Å². The predicted octanol–water partition coefficient (Wildman–Crippen LogP) is 5.31. The summed E-state index contributed by atoms with van der Waals surface area (Å²) in [6.07, 6.45) is 7.19. The van der Waals surface area contributed by atoms with E-state index in [-0.39, 0.29) is 5.92 Å². The van der Waals surface area contributed by atoms with Gasteiger partial charge in [-0.25, -0.2) is 0 Å². The second-order valence-corrected chi connectivity index (χ2v) is 4.87. The fourth-order valence-corrected chi connectivity index (χ4v) is 2.08. The number of hydrogen-bond acceptors (Lipinski definition) is 1. The van der Waals surface area contributed by atoms with E-state index in [0.717, 1.165) is 23.4 Å². The van der Waals surface area contributed by atoms with Gasteiger partial charge < -0.3 is 0 Å². The van der Waals surface area contributed by atoms with Crippen LogP contribution >= 0.6 is 11.6 Å². The lowest BCUT2D eigenvalue weighted by Crippen LogP contribution is -1.95. The number of nitriles is 1. The molecule has 0 saturated heterocycles. The number of rotatable bonds is 7. The number of hydrogen-bond donors (Lipinski definition) is 0. The van der Waals surface area contributed by atoms with Crippen LogP contribution in [0, 0.1) is 11.3 Å². The molecule has 0 amide bonds. The van der Waals surface area contributed by atoms with Crippen LogP contribution in [-0.4, -0.2) is 0 Å². The molecule has 0 unspecified atom stereocenters. The first kappa shape index (κ1) is 14.1. The first-order valence-corrected chi connectivity index (χ1v) is 6.80. The lowest BCUT2D eigenvalue weighted by atomic mass is 9.94. The topological polar surface area (TPSA) is 23.8 Å². The van der Waals surface area contributed by atoms with E-state index in [1.807, 2.05) is 24.3 Å². The van der Waals surface area contributed by atoms with Crippen LogP contribution in [0.15, 0.2) is 24.3 Å². The molecule has 0 radical (unpaired) electrons. The van der Waals surface area contributed by atoms with Crippen molar-refractivity contribution in [1.82, 2.24) is 0 Å². The maximum atomic E-state index is 9.17. The van der Waals surface area contributed by atoms with E-state index in [1.54, 1.807) is 0 Å². The monoisotopic (exact) mass is 249 g/mol. The Bertz CT molecular complexity index is 350. The average molecular weight is 250 g/mol. The Morgan fingerprint density at radius 1 is 1.12 bits per heavy atom. The highest BCUT2D eigenvalue weighted by Crippen LogP contribution is 2.23. The van der Waals surface area contributed by atoms with Gasteiger partial charge in [0.25, 0.3) is 0 Å². The van der Waals surface area contributed by atoms with E-state index in [2.05, 4.69) is 13.0 Å². The summed E-state index contributed by atoms with van der Waals surface area (Å²) in [5, 5.41) is 9.90. The first-order chi connectivity index (χ1) is 8.27. The van der Waals surface area contributed by atoms with Gasteiger partial charge in [0.15, 0.2) is 0 Å². The number of halogens is 1. The summed E-state index contributed by atoms with van der Waals surface area (Å²) < 4.78 is 0. The molecule has 92 valence electrons. The molecule has 0 N–H and O–H groups in total. The number of unbranched alkanes of at least 4 members (excludes halogenated alkanes) is 4. The van der Waals surface area contributed by atoms with Crippen LogP contribution in [0.3, 0.4) is 0 Å². The fraction of sp³-hybridized carbons (Fsp3) is 0.533. The van der Waals surface area contributed by atoms with E-state index in [4.69, 9.17) is 16.9 Å². The molecule has 1 nitrogen and oxygen atoms in total. The van der Waals surface area contributed by atoms with E-state index >= 15 is 0 Å². The highest BCUT2D eigenvalue weighted by molar-refractivity contribution is 6.30. The normalized spacial score (nSPS) is 12.1. The molecule has 0 aromatic heterocycles. The largest absolute Gasteiger partial charge is 0.198 e. The van der Waals surface area contributed by atoms with Crippen LogP contribution in [0.25, 0.3) is 0 Å². The summed E-state index contributed by atoms with van der Waals surface area (Å²) >= 11 is 5.84. The zero-order valence-electron chi connectivity index (χ0n) is 10.5. The van der Waals surface area contributed by atoms with Crippen LogP contribution < -0.4 is 0 Å². The second kappa shape index (κ2) is 8.14. The van der Waals surface area contributed by atoms with Crippen molar-refractivity contribution in [3.05, 3.63) is 34.9 Å². The summed E-state index contributed by atoms with van der Waals surface area (Å²) in [5.74, 6) is 0.0221. The van der Waals surface area contributed by atoms with Crippen LogP contribution in [0.4, 0.5) is 0 Å². The Hall–Kier alpha value is -1.00. The van der Waals surface area contributed by atoms with Gasteiger partial charge in [-0.1, -0.05) is 62.8 Å². The molecular weight excluding hydrogens is 230 g/mol. The van der Waals surface area contributed by atoms with Gasteiger partial charge in [0.1, 0.15) is 0 Å². The zero-order chi connectivity index (χ0) is 12.5. The molecule has 0 aliphatic carbocycles. The molecular formula is C15H20ClN. The third-order valence-electron chi connectivity index (χ3n) is 3.02. The highest BCUT2D eigenvalue weighted by Gasteiger charge is 2.09. The molecule has 0 heterocycles. The molecule has 0 fully saturated rings. The van der Waals surface area contributed by atoms with Crippen molar-refractivity contribution >= 4 is 11.6 Å². The van der Waals surface area contributed by atoms with E-state index < -0.39 is 0 Å². The SMILES string of the molecule is CCCCCCC[C@H](C#N)c1ccc(Cl)cc1. The van der Waals surface area contributed by atoms with Gasteiger partial charge in [0.2, 0.25) is 0 Å². The summed E-state index contributed by atoms with van der Waals surface area (Å²) in [6.45, 7) is 2.21. The lowest BCUT2D eigenvalue weighted by molar-refractivity contribution is 0.589. The van der Waals surface area contributed by atoms with Gasteiger partial charge in [-0.3, -0.25) is 0 Å². The molecule has 0 bridgehead atoms. The van der Waals surface area contributed by atoms with Gasteiger partial charge >= 0.3 is 0 Å². The highest BCUT2D eigenvalue weighted by atomic mass is 35.5. The summed E-state index contributed by atoms with van der Waals surface area (Å²) in [7, 11) is 0. The summed E-state index contributed by atoms with van der Waals surface area (Å²) in [6, 6.07) is 10.0. The molecule has 17 heavy (non-hydrogen) atoms. The van der Waals surface area contributed by atoms with Gasteiger partial charge in [0.05, 0.1) is 12.0 Å². The zero-order valence-corrected chi connectivity index (χ0v) is 11.2. The Labute approximate surface area is 109 Å². The molecule has 1 atom stereocenters. The van der Waals surface area contributed by atoms with Gasteiger partial charge in [-0.05, 0) is 24.1 Å². The molecule has 0 aliphatic heterocycles. The minimum absolute atomic E-state index is 0.0221. The van der Waals surface area contributed by atoms with Crippen molar-refractivity contribution in [3.63, 3.8) is 0 Å². The molecule has 1 rings (SSSR count). The second-order valence-electron chi connectivity index (χ2n) is 4.44. The van der Waals surface area contributed by atoms with Crippen LogP contribution in [-0.2, 0) is 0 Å². The van der Waals surface area contributed by atoms with Gasteiger partial charge in [-0.2, -0.15) is 5.26 Å². The smallest absolute Gasteiger partial charge is 0.0712 e. The standard InChI is InChI=1S/C15H20ClN/c1-2-3-4-5-6-7-14(12-17)13-8-10-15(16)11-9-13/h8-11,14H,2-7H2,1H3/t14-/m1/s1. The van der Waals surface area contributed by atoms with E-state index in [9.17, 15) is 0 Å². The molecule has 0 saturated carbocycles. The van der Waals surface area contributed by atoms with Crippen molar-refractivity contribution in [2.45, 2.75) is 51.4 Å². The van der Waals surface area contributed by atoms with Gasteiger partial charge in [-0.15, -0.1) is 0 Å². The first-order valence-electron chi connectivity index (χ1n) is 6.43. The summed E-state index contributed by atoms with van der Waals surface area (Å²) in [5.41, 5.74) is 1.09. The third-order valence-corrected chi connectivity index (χ3v) is 3.28. The molecule has 1 aromatic rings. The maximum absolute atomic E-state index is 9.17. The lowest BCUT2D eigenvalue weighted by Gasteiger charge is -2.09. The Morgan fingerprint density at radius 2 is 1.76 bits per heavy atom. The van der Waals surface area contributed by atoms with Crippen molar-refractivity contribution in [2.75, 3.05) is 0 Å². The molecule has 0 spiro atoms. The molecule has 0 aliphatic rings. The van der Waals surface area contributed by atoms with Crippen LogP contribution in [0.5, 0.6) is 0 Å². The van der Waals surface area contributed by atoms with Crippen molar-refractivity contribution in [1.29, 1.82) is 5.26 Å². The molecule has 1 aromatic carbocycles. The van der Waals surface area contributed by atoms with Crippen LogP contribution in [0.1, 0.15) is 56.9 Å². The Morgan fingerprint density at radius 3 is 2.35 bits per heavy atom. The van der Waals surface area contributed by atoms with E-state index in [0.29, 0.717) is 0 Å². The van der Waals surface area contributed by atoms with Crippen molar-refractivity contribution < 1.29 is 0 Å². The minimum Gasteiger partial charge on any atom is -0.198 e. The van der Waals surface area contributed by atoms with Crippen molar-refractivity contribution in [3.8, 4) is 6.07 Å².